The number of thiazole rings is 1. The molecule has 7 nitrogen and oxygen atoms in total. The van der Waals surface area contributed by atoms with E-state index in [-0.39, 0.29) is 12.1 Å². The molecule has 0 radical (unpaired) electrons. The monoisotopic (exact) mass is 346 g/mol. The molecule has 0 aromatic carbocycles. The van der Waals surface area contributed by atoms with Gasteiger partial charge < -0.3 is 5.32 Å². The molecule has 0 saturated carbocycles. The molecule has 0 unspecified atom stereocenters. The van der Waals surface area contributed by atoms with Crippen LogP contribution in [0.5, 0.6) is 0 Å². The Hall–Kier alpha value is -1.96. The van der Waals surface area contributed by atoms with Gasteiger partial charge in [0.2, 0.25) is 0 Å². The van der Waals surface area contributed by atoms with E-state index >= 15 is 0 Å². The molecule has 24 heavy (non-hydrogen) atoms. The lowest BCUT2D eigenvalue weighted by Gasteiger charge is -2.23. The van der Waals surface area contributed by atoms with E-state index in [1.54, 1.807) is 17.7 Å². The summed E-state index contributed by atoms with van der Waals surface area (Å²) in [6.45, 7) is 0.678. The smallest absolute Gasteiger partial charge is 0.321 e. The predicted molar refractivity (Wildman–Crippen MR) is 92.3 cm³/mol. The van der Waals surface area contributed by atoms with Crippen molar-refractivity contribution in [3.8, 4) is 0 Å². The van der Waals surface area contributed by atoms with Crippen LogP contribution in [0.4, 0.5) is 9.93 Å². The molecule has 2 aliphatic rings. The molecule has 2 amide bonds. The zero-order valence-electron chi connectivity index (χ0n) is 13.6. The third kappa shape index (κ3) is 3.43. The minimum absolute atomic E-state index is 0.0835. The fourth-order valence-corrected chi connectivity index (χ4v) is 4.48. The van der Waals surface area contributed by atoms with Crippen LogP contribution in [0.25, 0.3) is 0 Å². The number of hydrogen-bond acceptors (Lipinski definition) is 5. The number of carbonyl (C=O) groups is 1. The van der Waals surface area contributed by atoms with Gasteiger partial charge in [-0.3, -0.25) is 5.32 Å². The minimum Gasteiger partial charge on any atom is -0.333 e. The molecule has 1 atom stereocenters. The summed E-state index contributed by atoms with van der Waals surface area (Å²) in [6, 6.07) is -0.0922. The standard InChI is InChI=1S/C16H22N6OS/c23-15(19-11-7-8-14-17-10-18-22(14)9-11)21-16-20-12-5-3-1-2-4-6-13(12)24-16/h10-11H,1-9H2,(H2,19,20,21,23)/t11-/m1/s1. The van der Waals surface area contributed by atoms with E-state index < -0.39 is 0 Å². The summed E-state index contributed by atoms with van der Waals surface area (Å²) in [7, 11) is 0. The van der Waals surface area contributed by atoms with Gasteiger partial charge in [0.15, 0.2) is 5.13 Å². The Kier molecular flexibility index (Phi) is 4.46. The lowest BCUT2D eigenvalue weighted by molar-refractivity contribution is 0.243. The second-order valence-electron chi connectivity index (χ2n) is 6.50. The molecule has 0 bridgehead atoms. The van der Waals surface area contributed by atoms with E-state index in [1.165, 1.54) is 36.3 Å². The number of urea groups is 1. The first-order valence-electron chi connectivity index (χ1n) is 8.71. The Morgan fingerprint density at radius 1 is 1.21 bits per heavy atom. The molecule has 128 valence electrons. The summed E-state index contributed by atoms with van der Waals surface area (Å²) >= 11 is 1.63. The van der Waals surface area contributed by atoms with Crippen LogP contribution >= 0.6 is 11.3 Å². The normalized spacial score (nSPS) is 20.4. The summed E-state index contributed by atoms with van der Waals surface area (Å²) in [5.74, 6) is 0.994. The maximum Gasteiger partial charge on any atom is 0.321 e. The SMILES string of the molecule is O=C(Nc1nc2c(s1)CCCCCC2)N[C@@H]1CCc2ncnn2C1. The van der Waals surface area contributed by atoms with Crippen LogP contribution in [-0.2, 0) is 25.8 Å². The molecule has 4 rings (SSSR count). The highest BCUT2D eigenvalue weighted by atomic mass is 32.1. The van der Waals surface area contributed by atoms with Gasteiger partial charge in [0, 0.05) is 11.3 Å². The van der Waals surface area contributed by atoms with Crippen LogP contribution in [-0.4, -0.2) is 31.8 Å². The highest BCUT2D eigenvalue weighted by Crippen LogP contribution is 2.28. The van der Waals surface area contributed by atoms with Gasteiger partial charge in [-0.2, -0.15) is 5.10 Å². The molecule has 1 aliphatic heterocycles. The molecule has 2 aromatic heterocycles. The van der Waals surface area contributed by atoms with E-state index in [4.69, 9.17) is 0 Å². The van der Waals surface area contributed by atoms with Crippen molar-refractivity contribution < 1.29 is 4.79 Å². The molecular weight excluding hydrogens is 324 g/mol. The van der Waals surface area contributed by atoms with Crippen molar-refractivity contribution in [1.82, 2.24) is 25.1 Å². The van der Waals surface area contributed by atoms with E-state index in [1.807, 2.05) is 4.68 Å². The largest absolute Gasteiger partial charge is 0.333 e. The lowest BCUT2D eigenvalue weighted by atomic mass is 10.0. The van der Waals surface area contributed by atoms with Crippen LogP contribution < -0.4 is 10.6 Å². The first-order chi connectivity index (χ1) is 11.8. The maximum atomic E-state index is 12.3. The Labute approximate surface area is 144 Å². The van der Waals surface area contributed by atoms with Crippen molar-refractivity contribution in [2.75, 3.05) is 5.32 Å². The van der Waals surface area contributed by atoms with Gasteiger partial charge in [-0.1, -0.05) is 12.8 Å². The fourth-order valence-electron chi connectivity index (χ4n) is 3.43. The van der Waals surface area contributed by atoms with Crippen LogP contribution in [0.15, 0.2) is 6.33 Å². The summed E-state index contributed by atoms with van der Waals surface area (Å²) in [5.41, 5.74) is 1.18. The summed E-state index contributed by atoms with van der Waals surface area (Å²) in [4.78, 5) is 22.5. The fraction of sp³-hybridized carbons (Fsp3) is 0.625. The van der Waals surface area contributed by atoms with E-state index in [0.29, 0.717) is 6.54 Å². The Bertz CT molecular complexity index is 698. The Morgan fingerprint density at radius 3 is 3.00 bits per heavy atom. The minimum atomic E-state index is -0.176. The summed E-state index contributed by atoms with van der Waals surface area (Å²) in [6.07, 6.45) is 10.4. The first-order valence-corrected chi connectivity index (χ1v) is 9.52. The zero-order chi connectivity index (χ0) is 16.4. The van der Waals surface area contributed by atoms with Crippen LogP contribution in [0.3, 0.4) is 0 Å². The number of aryl methyl sites for hydroxylation is 3. The topological polar surface area (TPSA) is 84.7 Å². The molecule has 2 N–H and O–H groups in total. The zero-order valence-corrected chi connectivity index (χ0v) is 14.4. The quantitative estimate of drug-likeness (QED) is 0.875. The predicted octanol–water partition coefficient (Wildman–Crippen LogP) is 2.53. The molecule has 0 spiro atoms. The number of fused-ring (bicyclic) bond motifs is 2. The summed E-state index contributed by atoms with van der Waals surface area (Å²) in [5, 5.41) is 10.9. The Balaban J connectivity index is 1.35. The van der Waals surface area contributed by atoms with Gasteiger partial charge in [0.1, 0.15) is 12.2 Å². The molecule has 8 heteroatoms. The average Bonchev–Trinajstić information content (AvgIpc) is 3.14. The van der Waals surface area contributed by atoms with E-state index in [9.17, 15) is 4.79 Å². The first kappa shape index (κ1) is 15.6. The van der Waals surface area contributed by atoms with Gasteiger partial charge in [-0.15, -0.1) is 11.3 Å². The molecule has 0 fully saturated rings. The van der Waals surface area contributed by atoms with Gasteiger partial charge in [-0.05, 0) is 32.1 Å². The van der Waals surface area contributed by atoms with Crippen molar-refractivity contribution >= 4 is 22.5 Å². The molecule has 3 heterocycles. The van der Waals surface area contributed by atoms with Crippen LogP contribution in [0, 0.1) is 0 Å². The van der Waals surface area contributed by atoms with Crippen molar-refractivity contribution in [2.24, 2.45) is 0 Å². The second-order valence-corrected chi connectivity index (χ2v) is 7.58. The van der Waals surface area contributed by atoms with Crippen molar-refractivity contribution in [2.45, 2.75) is 64.0 Å². The number of amides is 2. The molecule has 0 saturated heterocycles. The van der Waals surface area contributed by atoms with Gasteiger partial charge in [0.05, 0.1) is 18.3 Å². The number of nitrogens with one attached hydrogen (secondary N) is 2. The number of carbonyl (C=O) groups excluding carboxylic acids is 1. The van der Waals surface area contributed by atoms with Gasteiger partial charge >= 0.3 is 6.03 Å². The molecular formula is C16H22N6OS. The Morgan fingerprint density at radius 2 is 2.08 bits per heavy atom. The van der Waals surface area contributed by atoms with Crippen molar-refractivity contribution in [1.29, 1.82) is 0 Å². The van der Waals surface area contributed by atoms with Gasteiger partial charge in [0.25, 0.3) is 0 Å². The highest BCUT2D eigenvalue weighted by Gasteiger charge is 2.22. The highest BCUT2D eigenvalue weighted by molar-refractivity contribution is 7.15. The number of hydrogen-bond donors (Lipinski definition) is 2. The third-order valence-corrected chi connectivity index (χ3v) is 5.78. The second kappa shape index (κ2) is 6.88. The number of anilines is 1. The van der Waals surface area contributed by atoms with E-state index in [2.05, 4.69) is 25.7 Å². The van der Waals surface area contributed by atoms with Crippen LogP contribution in [0.1, 0.15) is 48.5 Å². The summed E-state index contributed by atoms with van der Waals surface area (Å²) < 4.78 is 1.86. The third-order valence-electron chi connectivity index (χ3n) is 4.71. The van der Waals surface area contributed by atoms with Gasteiger partial charge in [-0.25, -0.2) is 19.4 Å². The molecule has 2 aromatic rings. The van der Waals surface area contributed by atoms with Crippen LogP contribution in [0.2, 0.25) is 0 Å². The van der Waals surface area contributed by atoms with Crippen molar-refractivity contribution in [3.05, 3.63) is 22.7 Å². The van der Waals surface area contributed by atoms with Crippen molar-refractivity contribution in [3.63, 3.8) is 0 Å². The van der Waals surface area contributed by atoms with E-state index in [0.717, 1.165) is 36.6 Å². The number of aromatic nitrogens is 4. The maximum absolute atomic E-state index is 12.3. The number of rotatable bonds is 2. The lowest BCUT2D eigenvalue weighted by Crippen LogP contribution is -2.43. The number of nitrogens with zero attached hydrogens (tertiary/aromatic N) is 4. The average molecular weight is 346 g/mol. The molecule has 1 aliphatic carbocycles.